The number of tetrazole rings is 1. The average Bonchev–Trinajstić information content (AvgIpc) is 3.11. The van der Waals surface area contributed by atoms with Gasteiger partial charge in [-0.05, 0) is 29.5 Å². The summed E-state index contributed by atoms with van der Waals surface area (Å²) in [4.78, 5) is 17.0. The number of carbonyl (C=O) groups is 1. The molecule has 0 unspecified atom stereocenters. The van der Waals surface area contributed by atoms with Gasteiger partial charge in [-0.15, -0.1) is 16.4 Å². The summed E-state index contributed by atoms with van der Waals surface area (Å²) in [6.45, 7) is 1.25. The van der Waals surface area contributed by atoms with E-state index in [4.69, 9.17) is 0 Å². The molecule has 3 rings (SSSR count). The van der Waals surface area contributed by atoms with Crippen molar-refractivity contribution in [2.45, 2.75) is 44.0 Å². The minimum atomic E-state index is -0.262. The largest absolute Gasteiger partial charge is 0.350 e. The first-order chi connectivity index (χ1) is 10.8. The molecular formula is C13H18N6OS2. The zero-order valence-corrected chi connectivity index (χ0v) is 14.0. The monoisotopic (exact) mass is 338 g/mol. The Morgan fingerprint density at radius 1 is 1.55 bits per heavy atom. The van der Waals surface area contributed by atoms with Crippen molar-refractivity contribution in [1.29, 1.82) is 0 Å². The number of nitrogens with zero attached hydrogens (tertiary/aromatic N) is 5. The van der Waals surface area contributed by atoms with Crippen molar-refractivity contribution in [3.63, 3.8) is 0 Å². The van der Waals surface area contributed by atoms with Gasteiger partial charge in [0.1, 0.15) is 5.01 Å². The van der Waals surface area contributed by atoms with Gasteiger partial charge in [-0.1, -0.05) is 6.42 Å². The molecule has 7 nitrogen and oxygen atoms in total. The van der Waals surface area contributed by atoms with Gasteiger partial charge in [0, 0.05) is 17.7 Å². The van der Waals surface area contributed by atoms with E-state index in [1.165, 1.54) is 0 Å². The lowest BCUT2D eigenvalue weighted by Gasteiger charge is -2.12. The van der Waals surface area contributed by atoms with Crippen LogP contribution in [0.3, 0.4) is 0 Å². The Kier molecular flexibility index (Phi) is 5.04. The molecule has 2 aromatic rings. The van der Waals surface area contributed by atoms with Gasteiger partial charge in [0.15, 0.2) is 5.82 Å². The predicted octanol–water partition coefficient (Wildman–Crippen LogP) is 1.58. The standard InChI is InChI=1S/C13H18N6OS2/c1-21-8-11-15-9(7-22-11)6-14-13(20)10-4-2-3-5-19-12(10)16-17-18-19/h7,10H,2-6,8H2,1H3,(H,14,20)/t10-/m1/s1. The highest BCUT2D eigenvalue weighted by Crippen LogP contribution is 2.24. The number of aryl methyl sites for hydroxylation is 1. The van der Waals surface area contributed by atoms with Crippen molar-refractivity contribution in [2.75, 3.05) is 6.26 Å². The molecule has 0 saturated carbocycles. The van der Waals surface area contributed by atoms with Crippen LogP contribution in [0.4, 0.5) is 0 Å². The molecule has 1 aliphatic rings. The van der Waals surface area contributed by atoms with Crippen LogP contribution < -0.4 is 5.32 Å². The third-order valence-electron chi connectivity index (χ3n) is 3.61. The van der Waals surface area contributed by atoms with Gasteiger partial charge in [-0.25, -0.2) is 9.67 Å². The highest BCUT2D eigenvalue weighted by molar-refractivity contribution is 7.97. The van der Waals surface area contributed by atoms with Gasteiger partial charge < -0.3 is 5.32 Å². The molecule has 0 aliphatic carbocycles. The summed E-state index contributed by atoms with van der Waals surface area (Å²) in [6, 6.07) is 0. The third kappa shape index (κ3) is 3.46. The molecule has 1 atom stereocenters. The fraction of sp³-hybridized carbons (Fsp3) is 0.615. The first kappa shape index (κ1) is 15.4. The van der Waals surface area contributed by atoms with Crippen LogP contribution in [-0.2, 0) is 23.6 Å². The maximum Gasteiger partial charge on any atom is 0.231 e. The Labute approximate surface area is 136 Å². The summed E-state index contributed by atoms with van der Waals surface area (Å²) in [5.41, 5.74) is 0.913. The molecule has 1 N–H and O–H groups in total. The zero-order valence-electron chi connectivity index (χ0n) is 12.4. The highest BCUT2D eigenvalue weighted by Gasteiger charge is 2.28. The van der Waals surface area contributed by atoms with Crippen LogP contribution in [0, 0.1) is 0 Å². The summed E-state index contributed by atoms with van der Waals surface area (Å²) in [5, 5.41) is 17.7. The molecule has 9 heteroatoms. The van der Waals surface area contributed by atoms with Crippen LogP contribution in [0.15, 0.2) is 5.38 Å². The van der Waals surface area contributed by atoms with Crippen LogP contribution in [0.25, 0.3) is 0 Å². The van der Waals surface area contributed by atoms with Crippen molar-refractivity contribution in [2.24, 2.45) is 0 Å². The van der Waals surface area contributed by atoms with Gasteiger partial charge in [-0.3, -0.25) is 4.79 Å². The topological polar surface area (TPSA) is 85.6 Å². The van der Waals surface area contributed by atoms with Crippen molar-refractivity contribution < 1.29 is 4.79 Å². The molecular weight excluding hydrogens is 320 g/mol. The number of nitrogens with one attached hydrogen (secondary N) is 1. The number of hydrogen-bond donors (Lipinski definition) is 1. The second-order valence-corrected chi connectivity index (χ2v) is 7.00. The van der Waals surface area contributed by atoms with Crippen LogP contribution >= 0.6 is 23.1 Å². The molecule has 1 aliphatic heterocycles. The van der Waals surface area contributed by atoms with E-state index in [9.17, 15) is 4.79 Å². The predicted molar refractivity (Wildman–Crippen MR) is 85.6 cm³/mol. The van der Waals surface area contributed by atoms with Crippen LogP contribution in [-0.4, -0.2) is 37.4 Å². The summed E-state index contributed by atoms with van der Waals surface area (Å²) < 4.78 is 1.75. The number of amides is 1. The summed E-state index contributed by atoms with van der Waals surface area (Å²) >= 11 is 3.38. The Morgan fingerprint density at radius 3 is 3.32 bits per heavy atom. The molecule has 22 heavy (non-hydrogen) atoms. The normalized spacial score (nSPS) is 17.8. The number of thiazole rings is 1. The van der Waals surface area contributed by atoms with E-state index in [1.54, 1.807) is 27.8 Å². The maximum atomic E-state index is 12.5. The first-order valence-corrected chi connectivity index (χ1v) is 9.51. The maximum absolute atomic E-state index is 12.5. The second-order valence-electron chi connectivity index (χ2n) is 5.19. The fourth-order valence-electron chi connectivity index (χ4n) is 2.53. The Bertz CT molecular complexity index is 640. The molecule has 0 bridgehead atoms. The van der Waals surface area contributed by atoms with Crippen LogP contribution in [0.5, 0.6) is 0 Å². The number of rotatable bonds is 5. The molecule has 118 valence electrons. The smallest absolute Gasteiger partial charge is 0.231 e. The molecule has 0 radical (unpaired) electrons. The van der Waals surface area contributed by atoms with E-state index >= 15 is 0 Å². The molecule has 3 heterocycles. The molecule has 0 aromatic carbocycles. The minimum Gasteiger partial charge on any atom is -0.350 e. The second kappa shape index (κ2) is 7.19. The van der Waals surface area contributed by atoms with E-state index < -0.39 is 0 Å². The van der Waals surface area contributed by atoms with Gasteiger partial charge >= 0.3 is 0 Å². The van der Waals surface area contributed by atoms with Crippen molar-refractivity contribution in [3.8, 4) is 0 Å². The number of fused-ring (bicyclic) bond motifs is 1. The molecule has 2 aromatic heterocycles. The zero-order chi connectivity index (χ0) is 15.4. The summed E-state index contributed by atoms with van der Waals surface area (Å²) in [6.07, 6.45) is 4.85. The number of hydrogen-bond acceptors (Lipinski definition) is 7. The third-order valence-corrected chi connectivity index (χ3v) is 5.25. The Balaban J connectivity index is 1.62. The summed E-state index contributed by atoms with van der Waals surface area (Å²) in [7, 11) is 0. The fourth-order valence-corrected chi connectivity index (χ4v) is 4.04. The van der Waals surface area contributed by atoms with E-state index in [1.807, 2.05) is 5.38 Å². The van der Waals surface area contributed by atoms with Crippen molar-refractivity contribution in [3.05, 3.63) is 21.9 Å². The SMILES string of the molecule is CSCc1nc(CNC(=O)[C@@H]2CCCCn3nnnc32)cs1. The van der Waals surface area contributed by atoms with E-state index in [0.29, 0.717) is 12.4 Å². The minimum absolute atomic E-state index is 0.0163. The van der Waals surface area contributed by atoms with Crippen molar-refractivity contribution in [1.82, 2.24) is 30.5 Å². The van der Waals surface area contributed by atoms with Crippen LogP contribution in [0.2, 0.25) is 0 Å². The van der Waals surface area contributed by atoms with Gasteiger partial charge in [0.2, 0.25) is 5.91 Å². The quantitative estimate of drug-likeness (QED) is 0.891. The lowest BCUT2D eigenvalue weighted by Crippen LogP contribution is -2.30. The molecule has 1 amide bonds. The highest BCUT2D eigenvalue weighted by atomic mass is 32.2. The van der Waals surface area contributed by atoms with Crippen LogP contribution in [0.1, 0.15) is 41.7 Å². The molecule has 0 spiro atoms. The lowest BCUT2D eigenvalue weighted by atomic mass is 10.0. The number of aromatic nitrogens is 5. The molecule has 0 fully saturated rings. The Morgan fingerprint density at radius 2 is 2.45 bits per heavy atom. The van der Waals surface area contributed by atoms with Gasteiger partial charge in [0.25, 0.3) is 0 Å². The first-order valence-electron chi connectivity index (χ1n) is 7.24. The number of thioether (sulfide) groups is 1. The Hall–Kier alpha value is -1.48. The average molecular weight is 338 g/mol. The van der Waals surface area contributed by atoms with Gasteiger partial charge in [0.05, 0.1) is 18.2 Å². The number of carbonyl (C=O) groups excluding carboxylic acids is 1. The molecule has 0 saturated heterocycles. The van der Waals surface area contributed by atoms with E-state index in [-0.39, 0.29) is 11.8 Å². The van der Waals surface area contributed by atoms with Gasteiger partial charge in [-0.2, -0.15) is 11.8 Å². The van der Waals surface area contributed by atoms with E-state index in [2.05, 4.69) is 32.1 Å². The van der Waals surface area contributed by atoms with Crippen molar-refractivity contribution >= 4 is 29.0 Å². The van der Waals surface area contributed by atoms with E-state index in [0.717, 1.165) is 42.3 Å². The lowest BCUT2D eigenvalue weighted by molar-refractivity contribution is -0.123. The summed E-state index contributed by atoms with van der Waals surface area (Å²) in [5.74, 6) is 1.31.